The van der Waals surface area contributed by atoms with Crippen molar-refractivity contribution < 1.29 is 24.5 Å². The van der Waals surface area contributed by atoms with Crippen LogP contribution < -0.4 is 0 Å². The van der Waals surface area contributed by atoms with Crippen molar-refractivity contribution in [1.82, 2.24) is 15.0 Å². The standard InChI is InChI=1S/C61H42N3O.Ir/c1-2-10-54(53(9-1)46-27-29-49(30-28-46)59-41-51(33-36-64-59)50-31-32-61-56(40-50)55-11-3-4-14-60(55)65-61)52-38-44(17-15-42-19-23-47(24-20-42)57-12-5-7-34-62-57)37-45(39-52)18-16-43-21-25-48(26-22-43)58-13-6-8-35-63-58;/h1-14,19-23,25,27-29,31-41H,15-18H2;/q-3;+3. The number of hydrogen-bond acceptors (Lipinski definition) is 4. The van der Waals surface area contributed by atoms with E-state index in [0.717, 1.165) is 98.1 Å². The second kappa shape index (κ2) is 19.3. The van der Waals surface area contributed by atoms with Gasteiger partial charge in [0.1, 0.15) is 11.2 Å². The molecule has 0 aliphatic carbocycles. The fourth-order valence-corrected chi connectivity index (χ4v) is 8.77. The van der Waals surface area contributed by atoms with Crippen LogP contribution in [0, 0.1) is 18.2 Å². The molecule has 7 aromatic carbocycles. The third-order valence-corrected chi connectivity index (χ3v) is 12.2. The van der Waals surface area contributed by atoms with Crippen LogP contribution in [0.25, 0.3) is 89.1 Å². The van der Waals surface area contributed by atoms with E-state index >= 15 is 0 Å². The molecule has 0 unspecified atom stereocenters. The maximum atomic E-state index is 6.09. The minimum absolute atomic E-state index is 0. The molecular weight excluding hydrogens is 983 g/mol. The maximum Gasteiger partial charge on any atom is 3.00 e. The van der Waals surface area contributed by atoms with Crippen LogP contribution in [0.2, 0.25) is 0 Å². The Morgan fingerprint density at radius 3 is 1.50 bits per heavy atom. The van der Waals surface area contributed by atoms with Crippen molar-refractivity contribution >= 4 is 21.9 Å². The Morgan fingerprint density at radius 1 is 0.348 bits per heavy atom. The van der Waals surface area contributed by atoms with Crippen molar-refractivity contribution in [3.05, 3.63) is 247 Å². The van der Waals surface area contributed by atoms with E-state index < -0.39 is 0 Å². The number of pyridine rings is 3. The number of fused-ring (bicyclic) bond motifs is 3. The Labute approximate surface area is 399 Å². The third-order valence-electron chi connectivity index (χ3n) is 12.2. The topological polar surface area (TPSA) is 51.8 Å². The van der Waals surface area contributed by atoms with Crippen LogP contribution in [-0.2, 0) is 45.8 Å². The summed E-state index contributed by atoms with van der Waals surface area (Å²) in [7, 11) is 0. The first kappa shape index (κ1) is 42.4. The van der Waals surface area contributed by atoms with Gasteiger partial charge in [-0.2, -0.15) is 0 Å². The minimum Gasteiger partial charge on any atom is -0.456 e. The summed E-state index contributed by atoms with van der Waals surface area (Å²) >= 11 is 0. The van der Waals surface area contributed by atoms with Gasteiger partial charge in [0, 0.05) is 29.4 Å². The zero-order valence-corrected chi connectivity index (χ0v) is 38.4. The van der Waals surface area contributed by atoms with E-state index in [0.29, 0.717) is 0 Å². The number of hydrogen-bond donors (Lipinski definition) is 0. The molecule has 0 aliphatic rings. The molecule has 4 heterocycles. The zero-order valence-electron chi connectivity index (χ0n) is 36.0. The summed E-state index contributed by atoms with van der Waals surface area (Å²) in [5.41, 5.74) is 19.5. The molecule has 0 saturated carbocycles. The van der Waals surface area contributed by atoms with Gasteiger partial charge in [-0.15, -0.1) is 101 Å². The van der Waals surface area contributed by atoms with Crippen LogP contribution in [0.5, 0.6) is 0 Å². The summed E-state index contributed by atoms with van der Waals surface area (Å²) in [5.74, 6) is 0. The fourth-order valence-electron chi connectivity index (χ4n) is 8.77. The van der Waals surface area contributed by atoms with E-state index in [1.807, 2.05) is 67.1 Å². The minimum atomic E-state index is 0. The average Bonchev–Trinajstić information content (AvgIpc) is 3.76. The largest absolute Gasteiger partial charge is 3.00 e. The molecule has 0 saturated heterocycles. The molecule has 66 heavy (non-hydrogen) atoms. The predicted molar refractivity (Wildman–Crippen MR) is 264 cm³/mol. The second-order valence-electron chi connectivity index (χ2n) is 16.5. The van der Waals surface area contributed by atoms with Gasteiger partial charge in [0.25, 0.3) is 0 Å². The Kier molecular flexibility index (Phi) is 12.4. The molecule has 0 amide bonds. The van der Waals surface area contributed by atoms with Crippen LogP contribution in [0.3, 0.4) is 0 Å². The SMILES string of the molecule is [Ir+3].[c-]1cc(CCc2cc(CCc3c[c-]c(-c4ccccn4)cc3)cc(-c3ccccc3-c3c[c-]c(-c4cc(-c5ccc6oc7ccccc7c6c5)ccn4)cc3)c2)ccc1-c1ccccn1. The number of aryl methyl sites for hydroxylation is 4. The smallest absolute Gasteiger partial charge is 0.456 e. The molecule has 0 bridgehead atoms. The van der Waals surface area contributed by atoms with Gasteiger partial charge in [-0.3, -0.25) is 0 Å². The second-order valence-corrected chi connectivity index (χ2v) is 16.5. The van der Waals surface area contributed by atoms with Crippen LogP contribution in [-0.4, -0.2) is 15.0 Å². The summed E-state index contributed by atoms with van der Waals surface area (Å²) < 4.78 is 6.09. The van der Waals surface area contributed by atoms with E-state index in [1.165, 1.54) is 38.9 Å². The van der Waals surface area contributed by atoms with E-state index in [4.69, 9.17) is 9.40 Å². The zero-order chi connectivity index (χ0) is 43.4. The van der Waals surface area contributed by atoms with Gasteiger partial charge in [0.05, 0.1) is 0 Å². The van der Waals surface area contributed by atoms with E-state index in [2.05, 4.69) is 168 Å². The molecule has 0 aliphatic heterocycles. The monoisotopic (exact) mass is 1030 g/mol. The first-order valence-electron chi connectivity index (χ1n) is 22.1. The molecule has 0 atom stereocenters. The normalized spacial score (nSPS) is 11.2. The van der Waals surface area contributed by atoms with Crippen molar-refractivity contribution in [1.29, 1.82) is 0 Å². The van der Waals surface area contributed by atoms with Crippen molar-refractivity contribution in [3.8, 4) is 67.2 Å². The van der Waals surface area contributed by atoms with Crippen LogP contribution >= 0.6 is 0 Å². The number of nitrogens with zero attached hydrogens (tertiary/aromatic N) is 3. The van der Waals surface area contributed by atoms with Gasteiger partial charge in [-0.25, -0.2) is 0 Å². The third kappa shape index (κ3) is 9.18. The molecule has 316 valence electrons. The molecule has 4 nitrogen and oxygen atoms in total. The first-order valence-corrected chi connectivity index (χ1v) is 22.1. The number of rotatable bonds is 12. The Balaban J connectivity index is 0.00000511. The average molecular weight is 1030 g/mol. The summed E-state index contributed by atoms with van der Waals surface area (Å²) in [6, 6.07) is 76.5. The van der Waals surface area contributed by atoms with Gasteiger partial charge < -0.3 is 19.4 Å². The molecule has 11 aromatic rings. The van der Waals surface area contributed by atoms with Crippen molar-refractivity contribution in [2.24, 2.45) is 0 Å². The molecular formula is C61H42IrN3O. The Hall–Kier alpha value is -7.56. The summed E-state index contributed by atoms with van der Waals surface area (Å²) in [4.78, 5) is 13.8. The van der Waals surface area contributed by atoms with E-state index in [1.54, 1.807) is 0 Å². The van der Waals surface area contributed by atoms with Crippen molar-refractivity contribution in [2.45, 2.75) is 25.7 Å². The molecule has 0 fully saturated rings. The first-order chi connectivity index (χ1) is 32.2. The molecule has 5 heteroatoms. The predicted octanol–water partition coefficient (Wildman–Crippen LogP) is 14.7. The number of aromatic nitrogens is 3. The van der Waals surface area contributed by atoms with Crippen LogP contribution in [0.15, 0.2) is 211 Å². The summed E-state index contributed by atoms with van der Waals surface area (Å²) in [6.07, 6.45) is 9.18. The van der Waals surface area contributed by atoms with Gasteiger partial charge in [0.15, 0.2) is 0 Å². The number of para-hydroxylation sites is 1. The Morgan fingerprint density at radius 2 is 0.879 bits per heavy atom. The quantitative estimate of drug-likeness (QED) is 0.114. The molecule has 0 spiro atoms. The Bertz CT molecular complexity index is 3300. The fraction of sp³-hybridized carbons (Fsp3) is 0.0656. The van der Waals surface area contributed by atoms with E-state index in [-0.39, 0.29) is 20.1 Å². The molecule has 0 radical (unpaired) electrons. The number of furan rings is 1. The summed E-state index contributed by atoms with van der Waals surface area (Å²) in [6.45, 7) is 0. The van der Waals surface area contributed by atoms with Gasteiger partial charge in [0.2, 0.25) is 0 Å². The molecule has 0 N–H and O–H groups in total. The van der Waals surface area contributed by atoms with Crippen molar-refractivity contribution in [3.63, 3.8) is 0 Å². The van der Waals surface area contributed by atoms with Crippen LogP contribution in [0.4, 0.5) is 0 Å². The van der Waals surface area contributed by atoms with Crippen molar-refractivity contribution in [2.75, 3.05) is 0 Å². The molecule has 4 aromatic heterocycles. The van der Waals surface area contributed by atoms with Gasteiger partial charge >= 0.3 is 20.1 Å². The van der Waals surface area contributed by atoms with E-state index in [9.17, 15) is 0 Å². The number of benzene rings is 7. The molecule has 11 rings (SSSR count). The summed E-state index contributed by atoms with van der Waals surface area (Å²) in [5, 5.41) is 2.23. The maximum absolute atomic E-state index is 6.09. The van der Waals surface area contributed by atoms with Gasteiger partial charge in [-0.1, -0.05) is 121 Å². The van der Waals surface area contributed by atoms with Crippen LogP contribution in [0.1, 0.15) is 22.3 Å². The van der Waals surface area contributed by atoms with Gasteiger partial charge in [-0.05, 0) is 99.7 Å².